The lowest BCUT2D eigenvalue weighted by Crippen LogP contribution is -2.28. The van der Waals surface area contributed by atoms with Gasteiger partial charge in [-0.2, -0.15) is 0 Å². The average Bonchev–Trinajstić information content (AvgIpc) is 2.79. The molecule has 0 aliphatic carbocycles. The minimum Gasteiger partial charge on any atom is -0.352 e. The summed E-state index contributed by atoms with van der Waals surface area (Å²) in [5.41, 5.74) is 1.23. The van der Waals surface area contributed by atoms with Crippen LogP contribution in [0.1, 0.15) is 114 Å². The van der Waals surface area contributed by atoms with E-state index in [-0.39, 0.29) is 17.7 Å². The Morgan fingerprint density at radius 3 is 1.67 bits per heavy atom. The number of rotatable bonds is 18. The molecule has 0 aromatic heterocycles. The molecule has 0 radical (unpaired) electrons. The van der Waals surface area contributed by atoms with Crippen LogP contribution in [-0.4, -0.2) is 43.4 Å². The summed E-state index contributed by atoms with van der Waals surface area (Å²) in [5, 5.41) is 12.1. The fourth-order valence-corrected chi connectivity index (χ4v) is 3.67. The van der Waals surface area contributed by atoms with Crippen LogP contribution >= 0.6 is 0 Å². The second kappa shape index (κ2) is 17.9. The van der Waals surface area contributed by atoms with Crippen LogP contribution < -0.4 is 21.3 Å². The molecule has 0 heterocycles. The van der Waals surface area contributed by atoms with Crippen LogP contribution in [0, 0.1) is 11.8 Å². The van der Waals surface area contributed by atoms with Gasteiger partial charge in [0.1, 0.15) is 0 Å². The third kappa shape index (κ3) is 14.9. The highest BCUT2D eigenvalue weighted by molar-refractivity contribution is 6.02. The van der Waals surface area contributed by atoms with E-state index in [1.165, 1.54) is 0 Å². The number of amides is 3. The minimum atomic E-state index is -0.241. The Hall–Kier alpha value is -2.41. The molecule has 204 valence electrons. The number of hydrogen-bond donors (Lipinski definition) is 4. The van der Waals surface area contributed by atoms with E-state index in [0.717, 1.165) is 51.5 Å². The van der Waals surface area contributed by atoms with Crippen LogP contribution in [-0.2, 0) is 4.79 Å². The van der Waals surface area contributed by atoms with Crippen molar-refractivity contribution in [2.75, 3.05) is 25.0 Å². The molecule has 4 N–H and O–H groups in total. The van der Waals surface area contributed by atoms with Crippen molar-refractivity contribution < 1.29 is 14.4 Å². The lowest BCUT2D eigenvalue weighted by molar-refractivity contribution is -0.116. The predicted molar refractivity (Wildman–Crippen MR) is 149 cm³/mol. The van der Waals surface area contributed by atoms with Crippen molar-refractivity contribution in [2.45, 2.75) is 99.0 Å². The summed E-state index contributed by atoms with van der Waals surface area (Å²) in [7, 11) is 0. The summed E-state index contributed by atoms with van der Waals surface area (Å²) in [6.45, 7) is 14.9. The maximum absolute atomic E-state index is 12.7. The molecular weight excluding hydrogens is 452 g/mol. The molecule has 0 atom stereocenters. The van der Waals surface area contributed by atoms with E-state index in [2.05, 4.69) is 62.8 Å². The van der Waals surface area contributed by atoms with E-state index in [9.17, 15) is 14.4 Å². The molecule has 0 saturated heterocycles. The monoisotopic (exact) mass is 502 g/mol. The maximum Gasteiger partial charge on any atom is 0.251 e. The van der Waals surface area contributed by atoms with Gasteiger partial charge < -0.3 is 21.3 Å². The van der Waals surface area contributed by atoms with Crippen LogP contribution in [0.4, 0.5) is 5.69 Å². The Labute approximate surface area is 219 Å². The first-order valence-corrected chi connectivity index (χ1v) is 13.8. The number of hydrogen-bond acceptors (Lipinski definition) is 4. The van der Waals surface area contributed by atoms with Gasteiger partial charge in [0.2, 0.25) is 5.91 Å². The van der Waals surface area contributed by atoms with Gasteiger partial charge in [-0.15, -0.1) is 0 Å². The largest absolute Gasteiger partial charge is 0.352 e. The van der Waals surface area contributed by atoms with Gasteiger partial charge in [0, 0.05) is 42.4 Å². The molecule has 0 spiro atoms. The summed E-state index contributed by atoms with van der Waals surface area (Å²) < 4.78 is 0. The van der Waals surface area contributed by atoms with Crippen molar-refractivity contribution in [3.05, 3.63) is 29.3 Å². The zero-order valence-corrected chi connectivity index (χ0v) is 23.5. The molecule has 0 saturated carbocycles. The molecule has 3 amide bonds. The number of carbonyl (C=O) groups excluding carboxylic acids is 3. The summed E-state index contributed by atoms with van der Waals surface area (Å²) in [6, 6.07) is 5.41. The summed E-state index contributed by atoms with van der Waals surface area (Å²) in [5.74, 6) is 0.384. The van der Waals surface area contributed by atoms with Crippen LogP contribution in [0.3, 0.4) is 0 Å². The lowest BCUT2D eigenvalue weighted by atomic mass is 10.1. The molecule has 0 fully saturated rings. The highest BCUT2D eigenvalue weighted by Gasteiger charge is 2.15. The van der Waals surface area contributed by atoms with Crippen LogP contribution in [0.15, 0.2) is 18.2 Å². The summed E-state index contributed by atoms with van der Waals surface area (Å²) >= 11 is 0. The third-order valence-corrected chi connectivity index (χ3v) is 5.89. The van der Waals surface area contributed by atoms with Crippen molar-refractivity contribution in [3.8, 4) is 0 Å². The number of nitrogens with one attached hydrogen (secondary N) is 4. The van der Waals surface area contributed by atoms with Gasteiger partial charge >= 0.3 is 0 Å². The SMILES string of the molecule is CC(C)CCNC(=O)c1cc(NC(=O)CCCCCCCNC(C)C)cc(C(=O)NCCC(C)C)c1. The lowest BCUT2D eigenvalue weighted by Gasteiger charge is -2.13. The molecular formula is C29H50N4O3. The van der Waals surface area contributed by atoms with Crippen molar-refractivity contribution in [3.63, 3.8) is 0 Å². The zero-order valence-electron chi connectivity index (χ0n) is 23.5. The summed E-state index contributed by atoms with van der Waals surface area (Å²) in [4.78, 5) is 38.0. The fraction of sp³-hybridized carbons (Fsp3) is 0.690. The highest BCUT2D eigenvalue weighted by atomic mass is 16.2. The Morgan fingerprint density at radius 1 is 0.667 bits per heavy atom. The first-order valence-electron chi connectivity index (χ1n) is 13.8. The van der Waals surface area contributed by atoms with E-state index in [0.29, 0.717) is 54.2 Å². The maximum atomic E-state index is 12.7. The molecule has 7 nitrogen and oxygen atoms in total. The van der Waals surface area contributed by atoms with Crippen molar-refractivity contribution in [1.82, 2.24) is 16.0 Å². The Kier molecular flexibility index (Phi) is 15.7. The Bertz CT molecular complexity index is 761. The topological polar surface area (TPSA) is 99.3 Å². The number of anilines is 1. The molecule has 1 aromatic carbocycles. The second-order valence-corrected chi connectivity index (χ2v) is 10.9. The van der Waals surface area contributed by atoms with Crippen molar-refractivity contribution in [1.29, 1.82) is 0 Å². The summed E-state index contributed by atoms with van der Waals surface area (Å²) in [6.07, 6.45) is 7.42. The highest BCUT2D eigenvalue weighted by Crippen LogP contribution is 2.17. The molecule has 0 aliphatic heterocycles. The Balaban J connectivity index is 2.70. The van der Waals surface area contributed by atoms with Crippen LogP contribution in [0.25, 0.3) is 0 Å². The zero-order chi connectivity index (χ0) is 26.9. The van der Waals surface area contributed by atoms with Gasteiger partial charge in [-0.05, 0) is 62.3 Å². The van der Waals surface area contributed by atoms with E-state index in [4.69, 9.17) is 0 Å². The number of benzene rings is 1. The first kappa shape index (κ1) is 31.6. The fourth-order valence-electron chi connectivity index (χ4n) is 3.67. The van der Waals surface area contributed by atoms with Gasteiger partial charge in [-0.1, -0.05) is 60.8 Å². The van der Waals surface area contributed by atoms with E-state index in [1.54, 1.807) is 18.2 Å². The van der Waals surface area contributed by atoms with Crippen molar-refractivity contribution >= 4 is 23.4 Å². The first-order chi connectivity index (χ1) is 17.1. The standard InChI is InChI=1S/C29H50N4O3/c1-21(2)13-16-31-28(35)24-18-25(29(36)32-17-14-22(3)4)20-26(19-24)33-27(34)12-10-8-7-9-11-15-30-23(5)6/h18-23,30H,7-17H2,1-6H3,(H,31,35)(H,32,36)(H,33,34). The Morgan fingerprint density at radius 2 is 1.17 bits per heavy atom. The molecule has 1 rings (SSSR count). The van der Waals surface area contributed by atoms with E-state index in [1.807, 2.05) is 0 Å². The molecule has 36 heavy (non-hydrogen) atoms. The minimum absolute atomic E-state index is 0.0972. The molecule has 1 aromatic rings. The normalized spacial score (nSPS) is 11.2. The number of carbonyl (C=O) groups is 3. The number of unbranched alkanes of at least 4 members (excludes halogenated alkanes) is 4. The molecule has 0 bridgehead atoms. The average molecular weight is 503 g/mol. The predicted octanol–water partition coefficient (Wildman–Crippen LogP) is 5.52. The van der Waals surface area contributed by atoms with Crippen LogP contribution in [0.2, 0.25) is 0 Å². The van der Waals surface area contributed by atoms with Crippen LogP contribution in [0.5, 0.6) is 0 Å². The smallest absolute Gasteiger partial charge is 0.251 e. The molecule has 0 unspecified atom stereocenters. The molecule has 7 heteroatoms. The van der Waals surface area contributed by atoms with E-state index < -0.39 is 0 Å². The van der Waals surface area contributed by atoms with Gasteiger partial charge in [0.25, 0.3) is 11.8 Å². The quantitative estimate of drug-likeness (QED) is 0.199. The van der Waals surface area contributed by atoms with Gasteiger partial charge in [-0.25, -0.2) is 0 Å². The second-order valence-electron chi connectivity index (χ2n) is 10.9. The molecule has 0 aliphatic rings. The van der Waals surface area contributed by atoms with Gasteiger partial charge in [-0.3, -0.25) is 14.4 Å². The van der Waals surface area contributed by atoms with E-state index >= 15 is 0 Å². The van der Waals surface area contributed by atoms with Gasteiger partial charge in [0.15, 0.2) is 0 Å². The van der Waals surface area contributed by atoms with Gasteiger partial charge in [0.05, 0.1) is 0 Å². The van der Waals surface area contributed by atoms with Crippen molar-refractivity contribution in [2.24, 2.45) is 11.8 Å². The third-order valence-electron chi connectivity index (χ3n) is 5.89.